The van der Waals surface area contributed by atoms with Gasteiger partial charge in [0.15, 0.2) is 5.78 Å². The molecule has 0 fully saturated rings. The summed E-state index contributed by atoms with van der Waals surface area (Å²) in [5, 5.41) is 2.70. The van der Waals surface area contributed by atoms with Crippen molar-refractivity contribution in [2.24, 2.45) is 5.73 Å². The van der Waals surface area contributed by atoms with Crippen LogP contribution >= 0.6 is 11.8 Å². The van der Waals surface area contributed by atoms with E-state index in [4.69, 9.17) is 5.73 Å². The van der Waals surface area contributed by atoms with Gasteiger partial charge in [0.1, 0.15) is 0 Å². The van der Waals surface area contributed by atoms with Crippen LogP contribution in [0.2, 0.25) is 0 Å². The molecule has 18 heavy (non-hydrogen) atoms. The second kappa shape index (κ2) is 4.40. The van der Waals surface area contributed by atoms with E-state index in [9.17, 15) is 9.59 Å². The zero-order valence-electron chi connectivity index (χ0n) is 10.6. The molecule has 0 aliphatic carbocycles. The Balaban J connectivity index is 2.37. The van der Waals surface area contributed by atoms with E-state index < -0.39 is 5.54 Å². The van der Waals surface area contributed by atoms with Gasteiger partial charge < -0.3 is 11.1 Å². The van der Waals surface area contributed by atoms with Gasteiger partial charge in [-0.3, -0.25) is 9.59 Å². The molecule has 0 saturated carbocycles. The number of Topliss-reactive ketones (excluding diaryl/α,β-unsaturated/α-hetero) is 1. The van der Waals surface area contributed by atoms with E-state index in [0.29, 0.717) is 11.3 Å². The number of nitrogens with two attached hydrogens (primary N) is 1. The zero-order chi connectivity index (χ0) is 13.5. The lowest BCUT2D eigenvalue weighted by Gasteiger charge is -2.23. The van der Waals surface area contributed by atoms with Crippen molar-refractivity contribution < 1.29 is 9.59 Å². The van der Waals surface area contributed by atoms with E-state index in [2.05, 4.69) is 5.32 Å². The molecule has 1 aliphatic heterocycles. The second-order valence-electron chi connectivity index (χ2n) is 5.01. The first-order valence-electron chi connectivity index (χ1n) is 5.74. The van der Waals surface area contributed by atoms with Gasteiger partial charge in [-0.25, -0.2) is 0 Å². The third-order valence-electron chi connectivity index (χ3n) is 2.76. The van der Waals surface area contributed by atoms with Crippen molar-refractivity contribution in [1.29, 1.82) is 0 Å². The summed E-state index contributed by atoms with van der Waals surface area (Å²) in [4.78, 5) is 24.6. The molecule has 96 valence electrons. The molecule has 1 heterocycles. The molecule has 1 aromatic carbocycles. The maximum atomic E-state index is 12.1. The molecule has 0 saturated heterocycles. The van der Waals surface area contributed by atoms with Gasteiger partial charge in [-0.2, -0.15) is 0 Å². The van der Waals surface area contributed by atoms with E-state index in [1.807, 2.05) is 13.0 Å². The van der Waals surface area contributed by atoms with Crippen LogP contribution in [0.15, 0.2) is 23.1 Å². The Morgan fingerprint density at radius 3 is 2.72 bits per heavy atom. The van der Waals surface area contributed by atoms with Crippen molar-refractivity contribution in [3.8, 4) is 0 Å². The third-order valence-corrected chi connectivity index (χ3v) is 3.94. The first-order chi connectivity index (χ1) is 8.29. The molecular formula is C13H16N2O2S. The number of carbonyl (C=O) groups excluding carboxylic acids is 2. The molecule has 5 heteroatoms. The Kier molecular flexibility index (Phi) is 3.21. The summed E-state index contributed by atoms with van der Waals surface area (Å²) >= 11 is 1.49. The smallest absolute Gasteiger partial charge is 0.237 e. The van der Waals surface area contributed by atoms with Crippen molar-refractivity contribution in [3.05, 3.63) is 23.8 Å². The van der Waals surface area contributed by atoms with Crippen LogP contribution in [-0.4, -0.2) is 22.5 Å². The van der Waals surface area contributed by atoms with E-state index in [-0.39, 0.29) is 16.9 Å². The fraction of sp³-hybridized carbons (Fsp3) is 0.385. The average Bonchev–Trinajstić information content (AvgIpc) is 2.28. The molecular weight excluding hydrogens is 248 g/mol. The number of ketones is 1. The Bertz CT molecular complexity index is 520. The van der Waals surface area contributed by atoms with Crippen LogP contribution in [0.4, 0.5) is 5.69 Å². The molecule has 1 amide bonds. The van der Waals surface area contributed by atoms with E-state index in [0.717, 1.165) is 4.90 Å². The largest absolute Gasteiger partial charge is 0.324 e. The van der Waals surface area contributed by atoms with Crippen molar-refractivity contribution in [2.45, 2.75) is 36.5 Å². The highest BCUT2D eigenvalue weighted by atomic mass is 32.2. The number of hydrogen-bond acceptors (Lipinski definition) is 4. The van der Waals surface area contributed by atoms with E-state index >= 15 is 0 Å². The van der Waals surface area contributed by atoms with Gasteiger partial charge in [-0.1, -0.05) is 6.07 Å². The molecule has 3 N–H and O–H groups in total. The van der Waals surface area contributed by atoms with Crippen LogP contribution in [0.5, 0.6) is 0 Å². The van der Waals surface area contributed by atoms with Crippen LogP contribution in [0, 0.1) is 0 Å². The lowest BCUT2D eigenvalue weighted by atomic mass is 9.94. The Morgan fingerprint density at radius 2 is 2.11 bits per heavy atom. The normalized spacial score (nSPS) is 19.1. The van der Waals surface area contributed by atoms with Gasteiger partial charge in [0.05, 0.1) is 16.5 Å². The molecule has 1 atom stereocenters. The monoisotopic (exact) mass is 264 g/mol. The minimum absolute atomic E-state index is 0.0379. The fourth-order valence-corrected chi connectivity index (χ4v) is 2.65. The summed E-state index contributed by atoms with van der Waals surface area (Å²) in [5.41, 5.74) is 6.10. The van der Waals surface area contributed by atoms with Gasteiger partial charge in [-0.05, 0) is 32.9 Å². The molecule has 0 aromatic heterocycles. The van der Waals surface area contributed by atoms with Crippen molar-refractivity contribution >= 4 is 29.1 Å². The first kappa shape index (κ1) is 13.1. The maximum absolute atomic E-state index is 12.1. The van der Waals surface area contributed by atoms with Gasteiger partial charge >= 0.3 is 0 Å². The number of nitrogens with one attached hydrogen (secondary N) is 1. The molecule has 0 radical (unpaired) electrons. The van der Waals surface area contributed by atoms with Gasteiger partial charge in [0.2, 0.25) is 5.91 Å². The van der Waals surface area contributed by atoms with Gasteiger partial charge in [0, 0.05) is 10.5 Å². The van der Waals surface area contributed by atoms with Crippen LogP contribution in [0.1, 0.15) is 31.1 Å². The van der Waals surface area contributed by atoms with Crippen LogP contribution < -0.4 is 11.1 Å². The number of hydrogen-bond donors (Lipinski definition) is 2. The molecule has 0 bridgehead atoms. The summed E-state index contributed by atoms with van der Waals surface area (Å²) in [6.45, 7) is 5.19. The van der Waals surface area contributed by atoms with E-state index in [1.54, 1.807) is 26.0 Å². The molecule has 2 rings (SSSR count). The Hall–Kier alpha value is -1.33. The standard InChI is InChI=1S/C13H16N2O2S/c1-7-12(17)15-9-6-8(4-5-10(9)18-7)11(16)13(2,3)14/h4-7H,14H2,1-3H3,(H,15,17). The van der Waals surface area contributed by atoms with Gasteiger partial charge in [0.25, 0.3) is 0 Å². The van der Waals surface area contributed by atoms with Crippen molar-refractivity contribution in [2.75, 3.05) is 5.32 Å². The summed E-state index contributed by atoms with van der Waals surface area (Å²) in [6.07, 6.45) is 0. The minimum atomic E-state index is -0.909. The fourth-order valence-electron chi connectivity index (χ4n) is 1.72. The average molecular weight is 264 g/mol. The highest BCUT2D eigenvalue weighted by Crippen LogP contribution is 2.36. The van der Waals surface area contributed by atoms with E-state index in [1.165, 1.54) is 11.8 Å². The van der Waals surface area contributed by atoms with Crippen LogP contribution in [0.25, 0.3) is 0 Å². The molecule has 1 aliphatic rings. The first-order valence-corrected chi connectivity index (χ1v) is 6.62. The lowest BCUT2D eigenvalue weighted by molar-refractivity contribution is -0.115. The minimum Gasteiger partial charge on any atom is -0.324 e. The van der Waals surface area contributed by atoms with Crippen molar-refractivity contribution in [3.63, 3.8) is 0 Å². The van der Waals surface area contributed by atoms with Gasteiger partial charge in [-0.15, -0.1) is 11.8 Å². The number of benzene rings is 1. The predicted molar refractivity (Wildman–Crippen MR) is 73.0 cm³/mol. The SMILES string of the molecule is CC1Sc2ccc(C(=O)C(C)(C)N)cc2NC1=O. The quantitative estimate of drug-likeness (QED) is 0.802. The zero-order valence-corrected chi connectivity index (χ0v) is 11.4. The number of carbonyl (C=O) groups is 2. The molecule has 1 aromatic rings. The highest BCUT2D eigenvalue weighted by Gasteiger charge is 2.27. The number of amides is 1. The number of anilines is 1. The number of rotatable bonds is 2. The third kappa shape index (κ3) is 2.42. The maximum Gasteiger partial charge on any atom is 0.237 e. The van der Waals surface area contributed by atoms with Crippen LogP contribution in [-0.2, 0) is 4.79 Å². The highest BCUT2D eigenvalue weighted by molar-refractivity contribution is 8.00. The van der Waals surface area contributed by atoms with Crippen LogP contribution in [0.3, 0.4) is 0 Å². The molecule has 0 spiro atoms. The Labute approximate surface area is 110 Å². The number of thioether (sulfide) groups is 1. The summed E-state index contributed by atoms with van der Waals surface area (Å²) in [7, 11) is 0. The molecule has 1 unspecified atom stereocenters. The molecule has 4 nitrogen and oxygen atoms in total. The summed E-state index contributed by atoms with van der Waals surface area (Å²) in [6, 6.07) is 5.31. The lowest BCUT2D eigenvalue weighted by Crippen LogP contribution is -2.41. The second-order valence-corrected chi connectivity index (χ2v) is 6.39. The predicted octanol–water partition coefficient (Wildman–Crippen LogP) is 2.04. The van der Waals surface area contributed by atoms with Crippen molar-refractivity contribution in [1.82, 2.24) is 0 Å². The summed E-state index contributed by atoms with van der Waals surface area (Å²) < 4.78 is 0. The Morgan fingerprint density at radius 1 is 1.44 bits per heavy atom. The summed E-state index contributed by atoms with van der Waals surface area (Å²) in [5.74, 6) is -0.174. The topological polar surface area (TPSA) is 72.2 Å². The number of fused-ring (bicyclic) bond motifs is 1.